The minimum atomic E-state index is 0.0302. The number of hydrogen-bond acceptors (Lipinski definition) is 3. The minimum Gasteiger partial charge on any atom is -0.385 e. The number of amides is 1. The summed E-state index contributed by atoms with van der Waals surface area (Å²) < 4.78 is 6.95. The standard InChI is InChI=1S/C16H23N3O2/c1-17-11-13-4-5-14-6-8-19(15(14)10-13)12-16(20)18-7-3-9-21-2/h4-6,8,10,17H,3,7,9,11-12H2,1-2H3,(H,18,20). The number of ether oxygens (including phenoxy) is 1. The van der Waals surface area contributed by atoms with Crippen molar-refractivity contribution >= 4 is 16.8 Å². The van der Waals surface area contributed by atoms with Crippen LogP contribution >= 0.6 is 0 Å². The van der Waals surface area contributed by atoms with Crippen LogP contribution in [0.1, 0.15) is 12.0 Å². The quantitative estimate of drug-likeness (QED) is 0.724. The summed E-state index contributed by atoms with van der Waals surface area (Å²) in [6.07, 6.45) is 2.80. The van der Waals surface area contributed by atoms with Crippen molar-refractivity contribution in [2.75, 3.05) is 27.3 Å². The van der Waals surface area contributed by atoms with E-state index < -0.39 is 0 Å². The third-order valence-corrected chi connectivity index (χ3v) is 3.38. The zero-order valence-corrected chi connectivity index (χ0v) is 12.7. The predicted octanol–water partition coefficient (Wildman–Crippen LogP) is 1.51. The van der Waals surface area contributed by atoms with Crippen LogP contribution in [0, 0.1) is 0 Å². The molecule has 0 saturated carbocycles. The maximum Gasteiger partial charge on any atom is 0.239 e. The fraction of sp³-hybridized carbons (Fsp3) is 0.438. The van der Waals surface area contributed by atoms with Crippen LogP contribution in [0.3, 0.4) is 0 Å². The molecule has 21 heavy (non-hydrogen) atoms. The summed E-state index contributed by atoms with van der Waals surface area (Å²) in [4.78, 5) is 11.9. The van der Waals surface area contributed by atoms with E-state index in [0.717, 1.165) is 23.9 Å². The first-order valence-electron chi connectivity index (χ1n) is 7.22. The van der Waals surface area contributed by atoms with Crippen LogP contribution in [0.25, 0.3) is 10.9 Å². The first kappa shape index (κ1) is 15.5. The molecule has 0 aliphatic heterocycles. The van der Waals surface area contributed by atoms with Gasteiger partial charge >= 0.3 is 0 Å². The number of carbonyl (C=O) groups is 1. The molecule has 0 aliphatic carbocycles. The van der Waals surface area contributed by atoms with Gasteiger partial charge in [-0.1, -0.05) is 12.1 Å². The topological polar surface area (TPSA) is 55.3 Å². The molecule has 0 atom stereocenters. The second-order valence-electron chi connectivity index (χ2n) is 5.06. The van der Waals surface area contributed by atoms with E-state index in [0.29, 0.717) is 19.7 Å². The maximum atomic E-state index is 11.9. The first-order chi connectivity index (χ1) is 10.2. The van der Waals surface area contributed by atoms with Gasteiger partial charge in [0.15, 0.2) is 0 Å². The highest BCUT2D eigenvalue weighted by Crippen LogP contribution is 2.17. The summed E-state index contributed by atoms with van der Waals surface area (Å²) in [6.45, 7) is 2.49. The van der Waals surface area contributed by atoms with Gasteiger partial charge in [0.2, 0.25) is 5.91 Å². The normalized spacial score (nSPS) is 11.0. The van der Waals surface area contributed by atoms with Gasteiger partial charge in [-0.2, -0.15) is 0 Å². The van der Waals surface area contributed by atoms with Crippen LogP contribution in [-0.2, 0) is 22.6 Å². The monoisotopic (exact) mass is 289 g/mol. The number of rotatable bonds is 8. The summed E-state index contributed by atoms with van der Waals surface area (Å²) in [6, 6.07) is 8.36. The largest absolute Gasteiger partial charge is 0.385 e. The van der Waals surface area contributed by atoms with Crippen LogP contribution in [0.4, 0.5) is 0 Å². The average Bonchev–Trinajstić information content (AvgIpc) is 2.87. The fourth-order valence-electron chi connectivity index (χ4n) is 2.34. The lowest BCUT2D eigenvalue weighted by Gasteiger charge is -2.08. The molecule has 1 aromatic carbocycles. The molecule has 2 rings (SSSR count). The Hall–Kier alpha value is -1.85. The highest BCUT2D eigenvalue weighted by Gasteiger charge is 2.06. The lowest BCUT2D eigenvalue weighted by atomic mass is 10.1. The summed E-state index contributed by atoms with van der Waals surface area (Å²) in [5.41, 5.74) is 2.31. The molecular formula is C16H23N3O2. The van der Waals surface area contributed by atoms with Crippen LogP contribution in [0.5, 0.6) is 0 Å². The molecule has 2 N–H and O–H groups in total. The highest BCUT2D eigenvalue weighted by molar-refractivity contribution is 5.83. The van der Waals surface area contributed by atoms with E-state index in [4.69, 9.17) is 4.74 Å². The summed E-state index contributed by atoms with van der Waals surface area (Å²) in [7, 11) is 3.59. The van der Waals surface area contributed by atoms with E-state index >= 15 is 0 Å². The van der Waals surface area contributed by atoms with Gasteiger partial charge < -0.3 is 19.9 Å². The Labute approximate surface area is 125 Å². The number of methoxy groups -OCH3 is 1. The highest BCUT2D eigenvalue weighted by atomic mass is 16.5. The van der Waals surface area contributed by atoms with E-state index in [9.17, 15) is 4.79 Å². The number of carbonyl (C=O) groups excluding carboxylic acids is 1. The average molecular weight is 289 g/mol. The van der Waals surface area contributed by atoms with Crippen molar-refractivity contribution in [3.8, 4) is 0 Å². The van der Waals surface area contributed by atoms with Crippen molar-refractivity contribution in [1.29, 1.82) is 0 Å². The van der Waals surface area contributed by atoms with Crippen molar-refractivity contribution in [2.24, 2.45) is 0 Å². The Morgan fingerprint density at radius 1 is 1.33 bits per heavy atom. The molecule has 2 aromatic rings. The zero-order chi connectivity index (χ0) is 15.1. The van der Waals surface area contributed by atoms with Crippen LogP contribution < -0.4 is 10.6 Å². The lowest BCUT2D eigenvalue weighted by molar-refractivity contribution is -0.121. The van der Waals surface area contributed by atoms with Gasteiger partial charge in [0.25, 0.3) is 0 Å². The van der Waals surface area contributed by atoms with Crippen molar-refractivity contribution in [2.45, 2.75) is 19.5 Å². The van der Waals surface area contributed by atoms with Crippen LogP contribution in [0.2, 0.25) is 0 Å². The number of nitrogens with zero attached hydrogens (tertiary/aromatic N) is 1. The molecule has 0 spiro atoms. The van der Waals surface area contributed by atoms with E-state index in [2.05, 4.69) is 28.8 Å². The smallest absolute Gasteiger partial charge is 0.239 e. The maximum absolute atomic E-state index is 11.9. The fourth-order valence-corrected chi connectivity index (χ4v) is 2.34. The first-order valence-corrected chi connectivity index (χ1v) is 7.22. The Morgan fingerprint density at radius 3 is 2.95 bits per heavy atom. The molecule has 0 fully saturated rings. The molecule has 0 aliphatic rings. The van der Waals surface area contributed by atoms with Gasteiger partial charge in [-0.3, -0.25) is 4.79 Å². The van der Waals surface area contributed by atoms with Gasteiger partial charge in [0.05, 0.1) is 0 Å². The molecule has 5 nitrogen and oxygen atoms in total. The van der Waals surface area contributed by atoms with E-state index in [1.54, 1.807) is 7.11 Å². The van der Waals surface area contributed by atoms with E-state index in [1.165, 1.54) is 5.56 Å². The lowest BCUT2D eigenvalue weighted by Crippen LogP contribution is -2.28. The van der Waals surface area contributed by atoms with Gasteiger partial charge in [0, 0.05) is 38.5 Å². The number of hydrogen-bond donors (Lipinski definition) is 2. The second kappa shape index (κ2) is 7.81. The minimum absolute atomic E-state index is 0.0302. The molecule has 1 heterocycles. The van der Waals surface area contributed by atoms with Gasteiger partial charge in [-0.05, 0) is 36.6 Å². The molecular weight excluding hydrogens is 266 g/mol. The molecule has 0 bridgehead atoms. The molecule has 114 valence electrons. The van der Waals surface area contributed by atoms with Gasteiger partial charge in [-0.25, -0.2) is 0 Å². The predicted molar refractivity (Wildman–Crippen MR) is 84.2 cm³/mol. The second-order valence-corrected chi connectivity index (χ2v) is 5.06. The zero-order valence-electron chi connectivity index (χ0n) is 12.7. The molecule has 1 amide bonds. The Morgan fingerprint density at radius 2 is 2.19 bits per heavy atom. The summed E-state index contributed by atoms with van der Waals surface area (Å²) in [5.74, 6) is 0.0302. The Bertz CT molecular complexity index is 592. The number of fused-ring (bicyclic) bond motifs is 1. The Kier molecular flexibility index (Phi) is 5.78. The molecule has 5 heteroatoms. The third kappa shape index (κ3) is 4.31. The Balaban J connectivity index is 2.00. The van der Waals surface area contributed by atoms with Crippen LogP contribution in [0.15, 0.2) is 30.5 Å². The molecule has 0 saturated heterocycles. The molecule has 0 unspecified atom stereocenters. The number of aromatic nitrogens is 1. The third-order valence-electron chi connectivity index (χ3n) is 3.38. The van der Waals surface area contributed by atoms with Gasteiger partial charge in [0.1, 0.15) is 6.54 Å². The van der Waals surface area contributed by atoms with Crippen molar-refractivity contribution in [3.05, 3.63) is 36.0 Å². The molecule has 1 aromatic heterocycles. The van der Waals surface area contributed by atoms with E-state index in [1.807, 2.05) is 23.9 Å². The summed E-state index contributed by atoms with van der Waals surface area (Å²) >= 11 is 0. The van der Waals surface area contributed by atoms with E-state index in [-0.39, 0.29) is 5.91 Å². The van der Waals surface area contributed by atoms with Crippen molar-refractivity contribution in [1.82, 2.24) is 15.2 Å². The molecule has 0 radical (unpaired) electrons. The number of benzene rings is 1. The SMILES string of the molecule is CNCc1ccc2ccn(CC(=O)NCCCOC)c2c1. The van der Waals surface area contributed by atoms with Gasteiger partial charge in [-0.15, -0.1) is 0 Å². The number of nitrogens with one attached hydrogen (secondary N) is 2. The van der Waals surface area contributed by atoms with Crippen molar-refractivity contribution in [3.63, 3.8) is 0 Å². The van der Waals surface area contributed by atoms with Crippen LogP contribution in [-0.4, -0.2) is 37.8 Å². The summed E-state index contributed by atoms with van der Waals surface area (Å²) in [5, 5.41) is 7.20. The van der Waals surface area contributed by atoms with Crippen molar-refractivity contribution < 1.29 is 9.53 Å².